The highest BCUT2D eigenvalue weighted by Gasteiger charge is 2.22. The van der Waals surface area contributed by atoms with Crippen LogP contribution in [-0.4, -0.2) is 19.9 Å². The van der Waals surface area contributed by atoms with Crippen molar-refractivity contribution in [3.8, 4) is 22.3 Å². The lowest BCUT2D eigenvalue weighted by Gasteiger charge is -2.26. The zero-order chi connectivity index (χ0) is 34.7. The summed E-state index contributed by atoms with van der Waals surface area (Å²) in [4.78, 5) is 24.2. The Morgan fingerprint density at radius 1 is 0.250 bits per heavy atom. The van der Waals surface area contributed by atoms with Crippen molar-refractivity contribution in [3.05, 3.63) is 195 Å². The molecule has 0 spiro atoms. The fraction of sp³-hybridized carbons (Fsp3) is 0. The number of hydrogen-bond donors (Lipinski definition) is 0. The van der Waals surface area contributed by atoms with Crippen molar-refractivity contribution in [2.75, 3.05) is 9.80 Å². The lowest BCUT2D eigenvalue weighted by molar-refractivity contribution is 1.26. The van der Waals surface area contributed by atoms with Gasteiger partial charge in [0.2, 0.25) is 0 Å². The minimum absolute atomic E-state index is 0.778. The largest absolute Gasteiger partial charge is 0.311 e. The van der Waals surface area contributed by atoms with E-state index < -0.39 is 0 Å². The maximum atomic E-state index is 4.92. The smallest absolute Gasteiger partial charge is 0.0994 e. The Morgan fingerprint density at radius 3 is 0.731 bits per heavy atom. The third-order valence-corrected chi connectivity index (χ3v) is 9.23. The summed E-state index contributed by atoms with van der Waals surface area (Å²) in [5.41, 5.74) is 13.3. The molecule has 0 amide bonds. The molecule has 2 aromatic heterocycles. The van der Waals surface area contributed by atoms with Crippen LogP contribution in [0.25, 0.3) is 44.3 Å². The first-order valence-corrected chi connectivity index (χ1v) is 17.2. The molecule has 0 aliphatic heterocycles. The first-order chi connectivity index (χ1) is 25.8. The van der Waals surface area contributed by atoms with Crippen LogP contribution in [-0.2, 0) is 0 Å². The Labute approximate surface area is 302 Å². The fourth-order valence-electron chi connectivity index (χ4n) is 6.94. The summed E-state index contributed by atoms with van der Waals surface area (Å²) in [5, 5.41) is 0. The molecule has 9 aromatic rings. The van der Waals surface area contributed by atoms with Crippen molar-refractivity contribution in [2.24, 2.45) is 0 Å². The van der Waals surface area contributed by atoms with Gasteiger partial charge in [-0.3, -0.25) is 19.9 Å². The Bertz CT molecular complexity index is 2280. The van der Waals surface area contributed by atoms with Crippen molar-refractivity contribution < 1.29 is 0 Å². The number of para-hydroxylation sites is 4. The number of fused-ring (bicyclic) bond motifs is 2. The Morgan fingerprint density at radius 2 is 0.481 bits per heavy atom. The molecule has 0 saturated carbocycles. The van der Waals surface area contributed by atoms with Gasteiger partial charge in [-0.05, 0) is 83.9 Å². The highest BCUT2D eigenvalue weighted by Crippen LogP contribution is 2.43. The molecule has 0 saturated heterocycles. The van der Waals surface area contributed by atoms with E-state index in [1.807, 2.05) is 24.3 Å². The predicted molar refractivity (Wildman–Crippen MR) is 213 cm³/mol. The van der Waals surface area contributed by atoms with Gasteiger partial charge in [-0.25, -0.2) is 0 Å². The van der Waals surface area contributed by atoms with Crippen molar-refractivity contribution in [3.63, 3.8) is 0 Å². The van der Waals surface area contributed by atoms with Crippen molar-refractivity contribution >= 4 is 56.2 Å². The monoisotopic (exact) mass is 668 g/mol. The van der Waals surface area contributed by atoms with E-state index in [4.69, 9.17) is 19.9 Å². The number of rotatable bonds is 8. The summed E-state index contributed by atoms with van der Waals surface area (Å²) in [5.74, 6) is 0. The maximum absolute atomic E-state index is 4.92. The Hall–Kier alpha value is -7.18. The molecule has 0 bridgehead atoms. The van der Waals surface area contributed by atoms with E-state index in [0.29, 0.717) is 0 Å². The van der Waals surface area contributed by atoms with Crippen molar-refractivity contribution in [1.29, 1.82) is 0 Å². The van der Waals surface area contributed by atoms with Crippen LogP contribution < -0.4 is 9.80 Å². The summed E-state index contributed by atoms with van der Waals surface area (Å²) < 4.78 is 0. The molecule has 6 nitrogen and oxygen atoms in total. The summed E-state index contributed by atoms with van der Waals surface area (Å²) in [6.07, 6.45) is 7.00. The fourth-order valence-corrected chi connectivity index (χ4v) is 6.94. The molecular formula is C46H32N6. The average Bonchev–Trinajstić information content (AvgIpc) is 3.22. The highest BCUT2D eigenvalue weighted by atomic mass is 15.1. The van der Waals surface area contributed by atoms with Gasteiger partial charge in [-0.15, -0.1) is 0 Å². The highest BCUT2D eigenvalue weighted by molar-refractivity contribution is 6.16. The molecule has 0 aliphatic carbocycles. The Kier molecular flexibility index (Phi) is 8.08. The van der Waals surface area contributed by atoms with Crippen LogP contribution in [0.2, 0.25) is 0 Å². The van der Waals surface area contributed by atoms with E-state index in [0.717, 1.165) is 78.4 Å². The first-order valence-electron chi connectivity index (χ1n) is 17.2. The second-order valence-corrected chi connectivity index (χ2v) is 12.4. The van der Waals surface area contributed by atoms with Gasteiger partial charge >= 0.3 is 0 Å². The molecule has 0 aliphatic rings. The molecule has 7 aromatic carbocycles. The van der Waals surface area contributed by atoms with Crippen molar-refractivity contribution in [1.82, 2.24) is 19.9 Å². The van der Waals surface area contributed by atoms with Gasteiger partial charge in [0.15, 0.2) is 0 Å². The molecule has 0 unspecified atom stereocenters. The maximum Gasteiger partial charge on any atom is 0.0994 e. The molecule has 0 atom stereocenters. The quantitative estimate of drug-likeness (QED) is 0.150. The van der Waals surface area contributed by atoms with Crippen LogP contribution in [0, 0.1) is 0 Å². The van der Waals surface area contributed by atoms with Crippen molar-refractivity contribution in [2.45, 2.75) is 0 Å². The Balaban J connectivity index is 1.16. The van der Waals surface area contributed by atoms with E-state index in [1.165, 1.54) is 0 Å². The number of benzene rings is 7. The lowest BCUT2D eigenvalue weighted by atomic mass is 9.94. The number of nitrogens with zero attached hydrogens (tertiary/aromatic N) is 6. The first kappa shape index (κ1) is 30.8. The van der Waals surface area contributed by atoms with E-state index in [2.05, 4.69) is 155 Å². The van der Waals surface area contributed by atoms with Crippen LogP contribution in [0.3, 0.4) is 0 Å². The van der Waals surface area contributed by atoms with Gasteiger partial charge in [0.1, 0.15) is 0 Å². The lowest BCUT2D eigenvalue weighted by Crippen LogP contribution is -2.09. The molecule has 0 fully saturated rings. The topological polar surface area (TPSA) is 58.0 Å². The normalized spacial score (nSPS) is 11.1. The van der Waals surface area contributed by atoms with Crippen LogP contribution in [0.4, 0.5) is 34.1 Å². The number of aromatic nitrogens is 4. The predicted octanol–water partition coefficient (Wildman–Crippen LogP) is 11.8. The minimum Gasteiger partial charge on any atom is -0.311 e. The van der Waals surface area contributed by atoms with Gasteiger partial charge in [0.25, 0.3) is 0 Å². The van der Waals surface area contributed by atoms with Crippen LogP contribution in [0.15, 0.2) is 195 Å². The molecule has 9 rings (SSSR count). The van der Waals surface area contributed by atoms with Gasteiger partial charge in [-0.1, -0.05) is 97.1 Å². The molecule has 2 heterocycles. The minimum atomic E-state index is 0.778. The van der Waals surface area contributed by atoms with E-state index in [9.17, 15) is 0 Å². The summed E-state index contributed by atoms with van der Waals surface area (Å²) in [6.45, 7) is 0. The van der Waals surface area contributed by atoms with Crippen LogP contribution in [0.1, 0.15) is 0 Å². The second-order valence-electron chi connectivity index (χ2n) is 12.4. The molecule has 0 radical (unpaired) electrons. The number of hydrogen-bond acceptors (Lipinski definition) is 6. The van der Waals surface area contributed by atoms with Gasteiger partial charge in [-0.2, -0.15) is 0 Å². The second kappa shape index (κ2) is 13.6. The zero-order valence-corrected chi connectivity index (χ0v) is 28.2. The molecule has 52 heavy (non-hydrogen) atoms. The molecule has 246 valence electrons. The molecule has 6 heteroatoms. The molecule has 0 N–H and O–H groups in total. The van der Waals surface area contributed by atoms with Gasteiger partial charge < -0.3 is 9.80 Å². The summed E-state index contributed by atoms with van der Waals surface area (Å²) in [7, 11) is 0. The standard InChI is InChI=1S/C46H32N6/c1-5-13-35(14-6-1)51(36-15-7-2-8-16-36)39-25-21-33(22-26-39)41-43-45(49-31-29-47-43)42(46-44(41)48-30-32-50-46)34-23-27-40(28-24-34)52(37-17-9-3-10-18-37)38-19-11-4-12-20-38/h1-32H. The zero-order valence-electron chi connectivity index (χ0n) is 28.2. The number of anilines is 6. The van der Waals surface area contributed by atoms with E-state index >= 15 is 0 Å². The van der Waals surface area contributed by atoms with Crippen LogP contribution in [0.5, 0.6) is 0 Å². The van der Waals surface area contributed by atoms with Gasteiger partial charge in [0.05, 0.1) is 22.1 Å². The third-order valence-electron chi connectivity index (χ3n) is 9.23. The average molecular weight is 669 g/mol. The van der Waals surface area contributed by atoms with Crippen LogP contribution >= 0.6 is 0 Å². The third kappa shape index (κ3) is 5.68. The summed E-state index contributed by atoms with van der Waals surface area (Å²) >= 11 is 0. The molecular weight excluding hydrogens is 637 g/mol. The summed E-state index contributed by atoms with van der Waals surface area (Å²) in [6, 6.07) is 58.8. The van der Waals surface area contributed by atoms with Gasteiger partial charge in [0, 0.05) is 70.0 Å². The SMILES string of the molecule is c1ccc(N(c2ccccc2)c2ccc(-c3c4nccnc4c(-c4ccc(N(c5ccccc5)c5ccccc5)cc4)c4nccnc34)cc2)cc1. The van der Waals surface area contributed by atoms with E-state index in [1.54, 1.807) is 24.8 Å². The van der Waals surface area contributed by atoms with E-state index in [-0.39, 0.29) is 0 Å².